The van der Waals surface area contributed by atoms with Crippen LogP contribution in [-0.4, -0.2) is 32.8 Å². The van der Waals surface area contributed by atoms with Gasteiger partial charge in [-0.05, 0) is 67.4 Å². The Kier molecular flexibility index (Phi) is 5.87. The zero-order valence-electron chi connectivity index (χ0n) is 12.7. The van der Waals surface area contributed by atoms with E-state index in [1.165, 1.54) is 24.1 Å². The molecule has 0 spiro atoms. The van der Waals surface area contributed by atoms with Gasteiger partial charge in [0.1, 0.15) is 0 Å². The summed E-state index contributed by atoms with van der Waals surface area (Å²) in [7, 11) is 1.99. The van der Waals surface area contributed by atoms with Crippen molar-refractivity contribution in [1.29, 1.82) is 0 Å². The van der Waals surface area contributed by atoms with E-state index in [9.17, 15) is 0 Å². The van der Waals surface area contributed by atoms with Gasteiger partial charge in [0.25, 0.3) is 0 Å². The van der Waals surface area contributed by atoms with Crippen LogP contribution < -0.4 is 10.2 Å². The van der Waals surface area contributed by atoms with Crippen LogP contribution in [0.25, 0.3) is 0 Å². The monoisotopic (exact) mass is 340 g/mol. The Morgan fingerprint density at radius 2 is 2.30 bits per heavy atom. The van der Waals surface area contributed by atoms with Gasteiger partial charge in [0, 0.05) is 30.2 Å². The average Bonchev–Trinajstić information content (AvgIpc) is 2.97. The first-order valence-corrected chi connectivity index (χ1v) is 8.28. The predicted molar refractivity (Wildman–Crippen MR) is 88.5 cm³/mol. The molecule has 0 bridgehead atoms. The molecule has 2 unspecified atom stereocenters. The second-order valence-corrected chi connectivity index (χ2v) is 6.25. The van der Waals surface area contributed by atoms with Gasteiger partial charge in [-0.1, -0.05) is 6.07 Å². The van der Waals surface area contributed by atoms with Crippen LogP contribution in [0.5, 0.6) is 0 Å². The topological polar surface area (TPSA) is 24.5 Å². The van der Waals surface area contributed by atoms with E-state index in [-0.39, 0.29) is 0 Å². The molecule has 1 N–H and O–H groups in total. The molecule has 1 heterocycles. The molecule has 3 nitrogen and oxygen atoms in total. The van der Waals surface area contributed by atoms with Gasteiger partial charge >= 0.3 is 0 Å². The lowest BCUT2D eigenvalue weighted by Crippen LogP contribution is -2.32. The summed E-state index contributed by atoms with van der Waals surface area (Å²) >= 11 is 3.73. The Bertz CT molecular complexity index is 432. The highest BCUT2D eigenvalue weighted by Crippen LogP contribution is 2.30. The van der Waals surface area contributed by atoms with Crippen LogP contribution in [-0.2, 0) is 4.74 Å². The molecule has 0 aliphatic carbocycles. The molecular weight excluding hydrogens is 316 g/mol. The summed E-state index contributed by atoms with van der Waals surface area (Å²) in [5.41, 5.74) is 2.56. The van der Waals surface area contributed by atoms with Crippen LogP contribution in [0.4, 0.5) is 5.69 Å². The quantitative estimate of drug-likeness (QED) is 0.853. The van der Waals surface area contributed by atoms with E-state index < -0.39 is 0 Å². The van der Waals surface area contributed by atoms with Crippen molar-refractivity contribution in [3.05, 3.63) is 28.2 Å². The van der Waals surface area contributed by atoms with Crippen LogP contribution in [0.15, 0.2) is 22.7 Å². The van der Waals surface area contributed by atoms with Crippen LogP contribution in [0, 0.1) is 0 Å². The summed E-state index contributed by atoms with van der Waals surface area (Å²) < 4.78 is 6.92. The molecule has 0 aromatic heterocycles. The maximum atomic E-state index is 5.76. The van der Waals surface area contributed by atoms with E-state index in [1.54, 1.807) is 0 Å². The molecule has 1 aliphatic rings. The number of anilines is 1. The number of ether oxygens (including phenoxy) is 1. The summed E-state index contributed by atoms with van der Waals surface area (Å²) in [6, 6.07) is 7.01. The number of likely N-dealkylation sites (N-methyl/N-ethyl adjacent to an activating group) is 1. The first kappa shape index (κ1) is 15.8. The van der Waals surface area contributed by atoms with Crippen LogP contribution >= 0.6 is 15.9 Å². The van der Waals surface area contributed by atoms with Crippen molar-refractivity contribution < 1.29 is 4.74 Å². The van der Waals surface area contributed by atoms with Crippen LogP contribution in [0.1, 0.15) is 38.3 Å². The molecular formula is C16H25BrN2O. The van der Waals surface area contributed by atoms with Gasteiger partial charge in [-0.25, -0.2) is 0 Å². The third-order valence-electron chi connectivity index (χ3n) is 4.08. The molecule has 1 aromatic carbocycles. The molecule has 1 fully saturated rings. The molecule has 20 heavy (non-hydrogen) atoms. The highest BCUT2D eigenvalue weighted by molar-refractivity contribution is 9.10. The molecule has 0 saturated carbocycles. The lowest BCUT2D eigenvalue weighted by molar-refractivity contribution is 0.115. The standard InChI is InChI=1S/C16H25BrN2O/c1-4-19(11-14-6-5-9-20-14)16-8-7-13(10-15(16)17)12(2)18-3/h7-8,10,12,14,18H,4-6,9,11H2,1-3H3. The number of hydrogen-bond donors (Lipinski definition) is 1. The fraction of sp³-hybridized carbons (Fsp3) is 0.625. The summed E-state index contributed by atoms with van der Waals surface area (Å²) in [6.07, 6.45) is 2.77. The smallest absolute Gasteiger partial charge is 0.0750 e. The number of halogens is 1. The minimum atomic E-state index is 0.369. The number of rotatable bonds is 6. The van der Waals surface area contributed by atoms with Crippen molar-refractivity contribution in [3.63, 3.8) is 0 Å². The SMILES string of the molecule is CCN(CC1CCCO1)c1ccc(C(C)NC)cc1Br. The third kappa shape index (κ3) is 3.74. The van der Waals surface area contributed by atoms with Gasteiger partial charge in [0.2, 0.25) is 0 Å². The van der Waals surface area contributed by atoms with Gasteiger partial charge < -0.3 is 15.0 Å². The first-order valence-electron chi connectivity index (χ1n) is 7.49. The first-order chi connectivity index (χ1) is 9.65. The van der Waals surface area contributed by atoms with E-state index in [0.717, 1.165) is 24.2 Å². The number of nitrogens with one attached hydrogen (secondary N) is 1. The fourth-order valence-electron chi connectivity index (χ4n) is 2.65. The van der Waals surface area contributed by atoms with Crippen LogP contribution in [0.2, 0.25) is 0 Å². The zero-order chi connectivity index (χ0) is 14.5. The lowest BCUT2D eigenvalue weighted by Gasteiger charge is -2.27. The third-order valence-corrected chi connectivity index (χ3v) is 4.71. The molecule has 112 valence electrons. The lowest BCUT2D eigenvalue weighted by atomic mass is 10.1. The van der Waals surface area contributed by atoms with E-state index in [2.05, 4.69) is 58.2 Å². The van der Waals surface area contributed by atoms with E-state index in [0.29, 0.717) is 12.1 Å². The minimum Gasteiger partial charge on any atom is -0.376 e. The molecule has 2 atom stereocenters. The van der Waals surface area contributed by atoms with Crippen molar-refractivity contribution in [2.45, 2.75) is 38.8 Å². The maximum Gasteiger partial charge on any atom is 0.0750 e. The molecule has 0 amide bonds. The fourth-order valence-corrected chi connectivity index (χ4v) is 3.29. The molecule has 2 rings (SSSR count). The van der Waals surface area contributed by atoms with Gasteiger partial charge in [0.15, 0.2) is 0 Å². The van der Waals surface area contributed by atoms with Crippen molar-refractivity contribution in [2.24, 2.45) is 0 Å². The largest absolute Gasteiger partial charge is 0.376 e. The van der Waals surface area contributed by atoms with Crippen molar-refractivity contribution >= 4 is 21.6 Å². The van der Waals surface area contributed by atoms with E-state index in [4.69, 9.17) is 4.74 Å². The summed E-state index contributed by atoms with van der Waals surface area (Å²) in [5.74, 6) is 0. The highest BCUT2D eigenvalue weighted by Gasteiger charge is 2.20. The van der Waals surface area contributed by atoms with Gasteiger partial charge in [0.05, 0.1) is 11.8 Å². The summed E-state index contributed by atoms with van der Waals surface area (Å²) in [4.78, 5) is 2.40. The Hall–Kier alpha value is -0.580. The van der Waals surface area contributed by atoms with E-state index in [1.807, 2.05) is 7.05 Å². The second kappa shape index (κ2) is 7.43. The zero-order valence-corrected chi connectivity index (χ0v) is 14.2. The van der Waals surface area contributed by atoms with Crippen molar-refractivity contribution in [3.8, 4) is 0 Å². The molecule has 0 radical (unpaired) electrons. The maximum absolute atomic E-state index is 5.76. The number of benzene rings is 1. The highest BCUT2D eigenvalue weighted by atomic mass is 79.9. The number of hydrogen-bond acceptors (Lipinski definition) is 3. The van der Waals surface area contributed by atoms with Gasteiger partial charge in [-0.2, -0.15) is 0 Å². The molecule has 1 aromatic rings. The Labute approximate surface area is 130 Å². The minimum absolute atomic E-state index is 0.369. The van der Waals surface area contributed by atoms with Crippen molar-refractivity contribution in [1.82, 2.24) is 5.32 Å². The Morgan fingerprint density at radius 3 is 2.85 bits per heavy atom. The normalized spacial score (nSPS) is 20.1. The predicted octanol–water partition coefficient (Wildman–Crippen LogP) is 3.73. The van der Waals surface area contributed by atoms with Crippen molar-refractivity contribution in [2.75, 3.05) is 31.6 Å². The Balaban J connectivity index is 2.12. The molecule has 1 saturated heterocycles. The van der Waals surface area contributed by atoms with Crippen LogP contribution in [0.3, 0.4) is 0 Å². The average molecular weight is 341 g/mol. The molecule has 1 aliphatic heterocycles. The molecule has 4 heteroatoms. The van der Waals surface area contributed by atoms with Gasteiger partial charge in [-0.3, -0.25) is 0 Å². The Morgan fingerprint density at radius 1 is 1.50 bits per heavy atom. The number of nitrogens with zero attached hydrogens (tertiary/aromatic N) is 1. The second-order valence-electron chi connectivity index (χ2n) is 5.39. The van der Waals surface area contributed by atoms with Gasteiger partial charge in [-0.15, -0.1) is 0 Å². The summed E-state index contributed by atoms with van der Waals surface area (Å²) in [5, 5.41) is 3.28. The summed E-state index contributed by atoms with van der Waals surface area (Å²) in [6.45, 7) is 7.27. The van der Waals surface area contributed by atoms with E-state index >= 15 is 0 Å².